The van der Waals surface area contributed by atoms with Gasteiger partial charge < -0.3 is 14.5 Å². The molecule has 1 N–H and O–H groups in total. The Labute approximate surface area is 146 Å². The van der Waals surface area contributed by atoms with Crippen LogP contribution in [0, 0.1) is 4.77 Å². The maximum absolute atomic E-state index is 5.48. The first-order valence-corrected chi connectivity index (χ1v) is 8.40. The third-order valence-corrected chi connectivity index (χ3v) is 3.92. The third kappa shape index (κ3) is 3.51. The first-order chi connectivity index (χ1) is 11.7. The number of hydrogen-bond donors (Lipinski definition) is 1. The summed E-state index contributed by atoms with van der Waals surface area (Å²) in [6.07, 6.45) is 2.01. The Kier molecular flexibility index (Phi) is 5.01. The zero-order chi connectivity index (χ0) is 16.9. The third-order valence-electron chi connectivity index (χ3n) is 3.62. The van der Waals surface area contributed by atoms with Gasteiger partial charge in [0.2, 0.25) is 0 Å². The van der Waals surface area contributed by atoms with Crippen molar-refractivity contribution in [1.82, 2.24) is 9.55 Å². The normalized spacial score (nSPS) is 10.6. The first-order valence-electron chi connectivity index (χ1n) is 7.99. The molecule has 0 atom stereocenters. The lowest BCUT2D eigenvalue weighted by atomic mass is 10.1. The fourth-order valence-corrected chi connectivity index (χ4v) is 2.77. The number of H-pyrrole nitrogens is 1. The quantitative estimate of drug-likeness (QED) is 0.642. The lowest BCUT2D eigenvalue weighted by molar-refractivity contribution is 0.340. The molecule has 0 bridgehead atoms. The Morgan fingerprint density at radius 1 is 0.875 bits per heavy atom. The van der Waals surface area contributed by atoms with Gasteiger partial charge in [-0.05, 0) is 80.2 Å². The van der Waals surface area contributed by atoms with Crippen molar-refractivity contribution in [3.63, 3.8) is 0 Å². The van der Waals surface area contributed by atoms with E-state index in [0.29, 0.717) is 18.0 Å². The largest absolute Gasteiger partial charge is 0.494 e. The molecule has 0 aliphatic heterocycles. The van der Waals surface area contributed by atoms with Crippen LogP contribution in [0.15, 0.2) is 54.7 Å². The first kappa shape index (κ1) is 16.3. The van der Waals surface area contributed by atoms with Gasteiger partial charge in [-0.25, -0.2) is 0 Å². The number of imidazole rings is 1. The maximum Gasteiger partial charge on any atom is 0.182 e. The minimum absolute atomic E-state index is 0.656. The molecule has 0 spiro atoms. The van der Waals surface area contributed by atoms with E-state index in [1.165, 1.54) is 0 Å². The van der Waals surface area contributed by atoms with Crippen molar-refractivity contribution in [2.45, 2.75) is 13.8 Å². The monoisotopic (exact) mass is 340 g/mol. The highest BCUT2D eigenvalue weighted by Gasteiger charge is 2.06. The summed E-state index contributed by atoms with van der Waals surface area (Å²) in [7, 11) is 0. The van der Waals surface area contributed by atoms with E-state index in [4.69, 9.17) is 21.7 Å². The van der Waals surface area contributed by atoms with Crippen LogP contribution in [0.1, 0.15) is 13.8 Å². The van der Waals surface area contributed by atoms with Gasteiger partial charge in [0.25, 0.3) is 0 Å². The molecule has 1 aromatic heterocycles. The molecule has 0 saturated carbocycles. The van der Waals surface area contributed by atoms with Crippen LogP contribution in [0.5, 0.6) is 11.5 Å². The molecule has 124 valence electrons. The Balaban J connectivity index is 1.88. The summed E-state index contributed by atoms with van der Waals surface area (Å²) in [5.41, 5.74) is 3.03. The molecule has 0 aliphatic rings. The topological polar surface area (TPSA) is 39.2 Å². The van der Waals surface area contributed by atoms with E-state index < -0.39 is 0 Å². The lowest BCUT2D eigenvalue weighted by Gasteiger charge is -2.05. The van der Waals surface area contributed by atoms with Crippen molar-refractivity contribution >= 4 is 12.2 Å². The predicted octanol–water partition coefficient (Wildman–Crippen LogP) is 5.00. The fourth-order valence-electron chi connectivity index (χ4n) is 2.50. The summed E-state index contributed by atoms with van der Waals surface area (Å²) >= 11 is 5.46. The molecule has 3 aromatic rings. The summed E-state index contributed by atoms with van der Waals surface area (Å²) in [6, 6.07) is 15.9. The van der Waals surface area contributed by atoms with E-state index in [9.17, 15) is 0 Å². The van der Waals surface area contributed by atoms with Gasteiger partial charge in [-0.1, -0.05) is 0 Å². The summed E-state index contributed by atoms with van der Waals surface area (Å²) in [5.74, 6) is 1.72. The second kappa shape index (κ2) is 7.36. The zero-order valence-electron chi connectivity index (χ0n) is 13.8. The zero-order valence-corrected chi connectivity index (χ0v) is 14.6. The van der Waals surface area contributed by atoms with Crippen LogP contribution in [0.25, 0.3) is 16.9 Å². The van der Waals surface area contributed by atoms with Crippen molar-refractivity contribution in [3.05, 3.63) is 59.5 Å². The van der Waals surface area contributed by atoms with Crippen LogP contribution in [-0.4, -0.2) is 22.8 Å². The Bertz CT molecular complexity index is 848. The number of aromatic nitrogens is 2. The number of rotatable bonds is 6. The van der Waals surface area contributed by atoms with Gasteiger partial charge in [-0.3, -0.25) is 4.57 Å². The van der Waals surface area contributed by atoms with Gasteiger partial charge in [0.15, 0.2) is 4.77 Å². The highest BCUT2D eigenvalue weighted by Crippen LogP contribution is 2.23. The van der Waals surface area contributed by atoms with Gasteiger partial charge in [0.05, 0.1) is 18.9 Å². The minimum atomic E-state index is 0.656. The van der Waals surface area contributed by atoms with Gasteiger partial charge in [0.1, 0.15) is 11.5 Å². The minimum Gasteiger partial charge on any atom is -0.494 e. The van der Waals surface area contributed by atoms with E-state index in [0.717, 1.165) is 28.4 Å². The van der Waals surface area contributed by atoms with Crippen molar-refractivity contribution in [2.24, 2.45) is 0 Å². The number of aromatic amines is 1. The Hall–Kier alpha value is -2.53. The second-order valence-corrected chi connectivity index (χ2v) is 5.61. The molecule has 3 rings (SSSR count). The van der Waals surface area contributed by atoms with Crippen LogP contribution in [0.3, 0.4) is 0 Å². The second-order valence-electron chi connectivity index (χ2n) is 5.23. The van der Waals surface area contributed by atoms with E-state index in [1.807, 2.05) is 73.1 Å². The standard InChI is InChI=1S/C19H20N2O2S/c1-3-22-16-9-5-14(6-10-16)18-13-21(19(24)20-18)15-7-11-17(12-8-15)23-4-2/h5-13H,3-4H2,1-2H3,(H,20,24). The van der Waals surface area contributed by atoms with E-state index in [1.54, 1.807) is 0 Å². The summed E-state index contributed by atoms with van der Waals surface area (Å²) < 4.78 is 13.6. The van der Waals surface area contributed by atoms with Crippen LogP contribution in [-0.2, 0) is 0 Å². The van der Waals surface area contributed by atoms with Gasteiger partial charge >= 0.3 is 0 Å². The highest BCUT2D eigenvalue weighted by atomic mass is 32.1. The van der Waals surface area contributed by atoms with E-state index in [2.05, 4.69) is 4.98 Å². The molecular weight excluding hydrogens is 320 g/mol. The average Bonchev–Trinajstić information content (AvgIpc) is 2.99. The Morgan fingerprint density at radius 2 is 1.42 bits per heavy atom. The molecule has 0 aliphatic carbocycles. The number of hydrogen-bond acceptors (Lipinski definition) is 3. The molecule has 4 nitrogen and oxygen atoms in total. The maximum atomic E-state index is 5.48. The summed E-state index contributed by atoms with van der Waals surface area (Å²) in [6.45, 7) is 5.27. The molecule has 0 amide bonds. The van der Waals surface area contributed by atoms with Crippen molar-refractivity contribution in [1.29, 1.82) is 0 Å². The number of nitrogens with zero attached hydrogens (tertiary/aromatic N) is 1. The van der Waals surface area contributed by atoms with E-state index in [-0.39, 0.29) is 0 Å². The van der Waals surface area contributed by atoms with Crippen molar-refractivity contribution < 1.29 is 9.47 Å². The van der Waals surface area contributed by atoms with Crippen molar-refractivity contribution in [3.8, 4) is 28.4 Å². The predicted molar refractivity (Wildman–Crippen MR) is 98.7 cm³/mol. The number of nitrogens with one attached hydrogen (secondary N) is 1. The average molecular weight is 340 g/mol. The lowest BCUT2D eigenvalue weighted by Crippen LogP contribution is -1.94. The Morgan fingerprint density at radius 3 is 1.96 bits per heavy atom. The molecule has 2 aromatic carbocycles. The molecular formula is C19H20N2O2S. The SMILES string of the molecule is CCOc1ccc(-c2cn(-c3ccc(OCC)cc3)c(=S)[nH]2)cc1. The van der Waals surface area contributed by atoms with Crippen molar-refractivity contribution in [2.75, 3.05) is 13.2 Å². The van der Waals surface area contributed by atoms with Crippen LogP contribution < -0.4 is 9.47 Å². The molecule has 0 unspecified atom stereocenters. The molecule has 0 radical (unpaired) electrons. The summed E-state index contributed by atoms with van der Waals surface area (Å²) in [5, 5.41) is 0. The molecule has 1 heterocycles. The van der Waals surface area contributed by atoms with Crippen LogP contribution >= 0.6 is 12.2 Å². The fraction of sp³-hybridized carbons (Fsp3) is 0.211. The molecule has 0 fully saturated rings. The molecule has 0 saturated heterocycles. The van der Waals surface area contributed by atoms with Crippen LogP contribution in [0.4, 0.5) is 0 Å². The molecule has 24 heavy (non-hydrogen) atoms. The van der Waals surface area contributed by atoms with Gasteiger partial charge in [-0.15, -0.1) is 0 Å². The summed E-state index contributed by atoms with van der Waals surface area (Å²) in [4.78, 5) is 3.26. The highest BCUT2D eigenvalue weighted by molar-refractivity contribution is 7.71. The smallest absolute Gasteiger partial charge is 0.182 e. The van der Waals surface area contributed by atoms with Crippen LogP contribution in [0.2, 0.25) is 0 Å². The number of ether oxygens (including phenoxy) is 2. The van der Waals surface area contributed by atoms with Gasteiger partial charge in [-0.2, -0.15) is 0 Å². The van der Waals surface area contributed by atoms with Gasteiger partial charge in [0, 0.05) is 11.9 Å². The molecule has 5 heteroatoms. The number of benzene rings is 2. The van der Waals surface area contributed by atoms with E-state index >= 15 is 0 Å².